The molecule has 4 rings (SSSR count). The summed E-state index contributed by atoms with van der Waals surface area (Å²) in [5.74, 6) is 0.765. The number of amides is 1. The molecule has 26 heavy (non-hydrogen) atoms. The first-order valence-corrected chi connectivity index (χ1v) is 8.73. The highest BCUT2D eigenvalue weighted by Gasteiger charge is 2.27. The van der Waals surface area contributed by atoms with Crippen LogP contribution in [0.25, 0.3) is 0 Å². The molecular formula is C20H21N3O3. The first kappa shape index (κ1) is 16.6. The lowest BCUT2D eigenvalue weighted by Crippen LogP contribution is -2.42. The van der Waals surface area contributed by atoms with Crippen molar-refractivity contribution in [3.63, 3.8) is 0 Å². The van der Waals surface area contributed by atoms with Gasteiger partial charge in [-0.3, -0.25) is 9.78 Å². The fourth-order valence-corrected chi connectivity index (χ4v) is 3.30. The maximum absolute atomic E-state index is 12.6. The summed E-state index contributed by atoms with van der Waals surface area (Å²) in [4.78, 5) is 18.8. The number of hydrogen-bond donors (Lipinski definition) is 0. The number of rotatable bonds is 6. The summed E-state index contributed by atoms with van der Waals surface area (Å²) in [5, 5.41) is 0. The zero-order valence-corrected chi connectivity index (χ0v) is 14.5. The Hall–Kier alpha value is -2.86. The van der Waals surface area contributed by atoms with Gasteiger partial charge in [0.1, 0.15) is 5.76 Å². The van der Waals surface area contributed by atoms with Crippen LogP contribution in [0, 0.1) is 0 Å². The lowest BCUT2D eigenvalue weighted by atomic mass is 10.1. The molecule has 1 aliphatic heterocycles. The van der Waals surface area contributed by atoms with Crippen molar-refractivity contribution in [3.05, 3.63) is 78.3 Å². The van der Waals surface area contributed by atoms with E-state index in [1.807, 2.05) is 35.2 Å². The van der Waals surface area contributed by atoms with Crippen LogP contribution in [0.2, 0.25) is 0 Å². The molecular weight excluding hydrogens is 330 g/mol. The molecule has 3 aromatic heterocycles. The maximum atomic E-state index is 12.6. The summed E-state index contributed by atoms with van der Waals surface area (Å²) in [6.07, 6.45) is 5.70. The number of fused-ring (bicyclic) bond motifs is 1. The van der Waals surface area contributed by atoms with Crippen LogP contribution in [0.15, 0.2) is 65.5 Å². The molecule has 0 radical (unpaired) electrons. The van der Waals surface area contributed by atoms with Gasteiger partial charge in [-0.05, 0) is 36.4 Å². The second kappa shape index (κ2) is 7.58. The lowest BCUT2D eigenvalue weighted by molar-refractivity contribution is -0.133. The third-order valence-corrected chi connectivity index (χ3v) is 4.59. The number of nitrogens with zero attached hydrogens (tertiary/aromatic N) is 3. The van der Waals surface area contributed by atoms with Crippen molar-refractivity contribution in [3.8, 4) is 0 Å². The Kier molecular flexibility index (Phi) is 4.84. The molecule has 3 aromatic rings. The van der Waals surface area contributed by atoms with Crippen LogP contribution in [0.5, 0.6) is 0 Å². The van der Waals surface area contributed by atoms with Gasteiger partial charge in [-0.25, -0.2) is 0 Å². The molecule has 0 spiro atoms. The van der Waals surface area contributed by atoms with Crippen molar-refractivity contribution in [2.45, 2.75) is 25.6 Å². The van der Waals surface area contributed by atoms with Crippen LogP contribution in [0.1, 0.15) is 23.2 Å². The molecule has 1 aliphatic rings. The number of carbonyl (C=O) groups excluding carboxylic acids is 1. The molecule has 4 heterocycles. The van der Waals surface area contributed by atoms with E-state index in [4.69, 9.17) is 9.15 Å². The highest BCUT2D eigenvalue weighted by Crippen LogP contribution is 2.23. The fourth-order valence-electron chi connectivity index (χ4n) is 3.30. The molecule has 6 nitrogen and oxygen atoms in total. The van der Waals surface area contributed by atoms with Gasteiger partial charge in [-0.15, -0.1) is 0 Å². The molecule has 0 bridgehead atoms. The molecule has 0 saturated heterocycles. The molecule has 0 saturated carbocycles. The van der Waals surface area contributed by atoms with Crippen molar-refractivity contribution in [1.29, 1.82) is 0 Å². The van der Waals surface area contributed by atoms with E-state index >= 15 is 0 Å². The van der Waals surface area contributed by atoms with Crippen molar-refractivity contribution < 1.29 is 13.9 Å². The Morgan fingerprint density at radius 2 is 2.19 bits per heavy atom. The minimum atomic E-state index is 0.0714. The monoisotopic (exact) mass is 351 g/mol. The molecule has 1 atom stereocenters. The van der Waals surface area contributed by atoms with Crippen LogP contribution in [0.4, 0.5) is 0 Å². The molecule has 0 aromatic carbocycles. The maximum Gasteiger partial charge on any atom is 0.230 e. The van der Waals surface area contributed by atoms with E-state index in [0.717, 1.165) is 11.4 Å². The molecule has 6 heteroatoms. The van der Waals surface area contributed by atoms with Crippen LogP contribution in [-0.4, -0.2) is 33.5 Å². The molecule has 0 N–H and O–H groups in total. The lowest BCUT2D eigenvalue weighted by Gasteiger charge is -2.35. The summed E-state index contributed by atoms with van der Waals surface area (Å²) >= 11 is 0. The average molecular weight is 351 g/mol. The van der Waals surface area contributed by atoms with Gasteiger partial charge in [-0.2, -0.15) is 0 Å². The summed E-state index contributed by atoms with van der Waals surface area (Å²) in [6, 6.07) is 13.6. The van der Waals surface area contributed by atoms with E-state index in [1.165, 1.54) is 0 Å². The zero-order chi connectivity index (χ0) is 17.8. The Bertz CT molecular complexity index is 842. The van der Waals surface area contributed by atoms with Crippen molar-refractivity contribution in [2.24, 2.45) is 0 Å². The molecule has 0 unspecified atom stereocenters. The van der Waals surface area contributed by atoms with Crippen LogP contribution in [0.3, 0.4) is 0 Å². The average Bonchev–Trinajstić information content (AvgIpc) is 3.34. The van der Waals surface area contributed by atoms with Crippen LogP contribution >= 0.6 is 0 Å². The number of furan rings is 1. The highest BCUT2D eigenvalue weighted by atomic mass is 16.5. The van der Waals surface area contributed by atoms with Gasteiger partial charge >= 0.3 is 0 Å². The Balaban J connectivity index is 1.40. The van der Waals surface area contributed by atoms with Gasteiger partial charge in [0.25, 0.3) is 0 Å². The minimum absolute atomic E-state index is 0.0714. The Morgan fingerprint density at radius 3 is 3.00 bits per heavy atom. The summed E-state index contributed by atoms with van der Waals surface area (Å²) < 4.78 is 13.4. The fraction of sp³-hybridized carbons (Fsp3) is 0.300. The quantitative estimate of drug-likeness (QED) is 0.685. The second-order valence-electron chi connectivity index (χ2n) is 6.43. The smallest absolute Gasteiger partial charge is 0.230 e. The Morgan fingerprint density at radius 1 is 1.23 bits per heavy atom. The van der Waals surface area contributed by atoms with E-state index in [9.17, 15) is 4.79 Å². The van der Waals surface area contributed by atoms with Gasteiger partial charge < -0.3 is 18.6 Å². The van der Waals surface area contributed by atoms with E-state index in [2.05, 4.69) is 21.8 Å². The largest absolute Gasteiger partial charge is 0.469 e. The van der Waals surface area contributed by atoms with Crippen molar-refractivity contribution in [1.82, 2.24) is 14.5 Å². The molecule has 134 valence electrons. The number of aromatic nitrogens is 2. The zero-order valence-electron chi connectivity index (χ0n) is 14.5. The Labute approximate surface area is 152 Å². The number of hydrogen-bond acceptors (Lipinski definition) is 4. The molecule has 1 amide bonds. The summed E-state index contributed by atoms with van der Waals surface area (Å²) in [7, 11) is 0. The SMILES string of the molecule is O=C(Cc1ccco1)N1Cc2cccn2[C@@H](COCc2ccccn2)C1. The van der Waals surface area contributed by atoms with Crippen molar-refractivity contribution >= 4 is 5.91 Å². The standard InChI is InChI=1S/C20H21N3O3/c24-20(11-19-7-4-10-26-19)22-12-17-6-3-9-23(17)18(13-22)15-25-14-16-5-1-2-8-21-16/h1-10,18H,11-15H2/t18-/m1/s1. The van der Waals surface area contributed by atoms with Gasteiger partial charge in [0.15, 0.2) is 0 Å². The normalized spacial score (nSPS) is 16.5. The summed E-state index contributed by atoms with van der Waals surface area (Å²) in [6.45, 7) is 2.24. The molecule has 0 aliphatic carbocycles. The van der Waals surface area contributed by atoms with Crippen LogP contribution in [-0.2, 0) is 29.1 Å². The van der Waals surface area contributed by atoms with Gasteiger partial charge in [0, 0.05) is 24.6 Å². The predicted octanol–water partition coefficient (Wildman–Crippen LogP) is 2.82. The van der Waals surface area contributed by atoms with Gasteiger partial charge in [-0.1, -0.05) is 6.07 Å². The number of pyridine rings is 1. The highest BCUT2D eigenvalue weighted by molar-refractivity contribution is 5.78. The van der Waals surface area contributed by atoms with E-state index < -0.39 is 0 Å². The van der Waals surface area contributed by atoms with E-state index in [0.29, 0.717) is 32.1 Å². The third-order valence-electron chi connectivity index (χ3n) is 4.59. The van der Waals surface area contributed by atoms with E-state index in [-0.39, 0.29) is 18.4 Å². The second-order valence-corrected chi connectivity index (χ2v) is 6.43. The third kappa shape index (κ3) is 3.70. The van der Waals surface area contributed by atoms with Crippen LogP contribution < -0.4 is 0 Å². The topological polar surface area (TPSA) is 60.5 Å². The number of ether oxygens (including phenoxy) is 1. The van der Waals surface area contributed by atoms with E-state index in [1.54, 1.807) is 18.5 Å². The predicted molar refractivity (Wildman–Crippen MR) is 95.2 cm³/mol. The number of carbonyl (C=O) groups is 1. The first-order valence-electron chi connectivity index (χ1n) is 8.73. The van der Waals surface area contributed by atoms with Crippen molar-refractivity contribution in [2.75, 3.05) is 13.2 Å². The minimum Gasteiger partial charge on any atom is -0.469 e. The first-order chi connectivity index (χ1) is 12.8. The van der Waals surface area contributed by atoms with Gasteiger partial charge in [0.2, 0.25) is 5.91 Å². The summed E-state index contributed by atoms with van der Waals surface area (Å²) in [5.41, 5.74) is 2.03. The molecule has 0 fully saturated rings. The van der Waals surface area contributed by atoms with Gasteiger partial charge in [0.05, 0.1) is 44.2 Å².